The molecule has 0 amide bonds. The molecule has 0 aromatic heterocycles. The monoisotopic (exact) mass is 517 g/mol. The lowest BCUT2D eigenvalue weighted by molar-refractivity contribution is 0.103. The van der Waals surface area contributed by atoms with E-state index < -0.39 is 0 Å². The summed E-state index contributed by atoms with van der Waals surface area (Å²) in [4.78, 5) is 15.2. The number of ketones is 1. The van der Waals surface area contributed by atoms with Crippen molar-refractivity contribution >= 4 is 33.6 Å². The number of carbonyl (C=O) groups excluding carboxylic acids is 1. The Morgan fingerprint density at radius 1 is 0.550 bits per heavy atom. The minimum Gasteiger partial charge on any atom is -0.311 e. The normalized spacial score (nSPS) is 11.8. The first-order valence-corrected chi connectivity index (χ1v) is 13.7. The lowest BCUT2D eigenvalue weighted by Gasteiger charge is -2.26. The van der Waals surface area contributed by atoms with Gasteiger partial charge < -0.3 is 4.90 Å². The summed E-state index contributed by atoms with van der Waals surface area (Å²) in [5, 5.41) is 2.57. The molecule has 0 spiro atoms. The van der Waals surface area contributed by atoms with E-state index in [2.05, 4.69) is 110 Å². The smallest absolute Gasteiger partial charge is 0.193 e. The van der Waals surface area contributed by atoms with Crippen LogP contribution in [0.25, 0.3) is 10.8 Å². The highest BCUT2D eigenvalue weighted by molar-refractivity contribution is 6.09. The Labute approximate surface area is 236 Å². The second-order valence-corrected chi connectivity index (χ2v) is 10.3. The van der Waals surface area contributed by atoms with Gasteiger partial charge in [-0.25, -0.2) is 0 Å². The highest BCUT2D eigenvalue weighted by Gasteiger charge is 2.16. The van der Waals surface area contributed by atoms with E-state index in [1.807, 2.05) is 54.6 Å². The van der Waals surface area contributed by atoms with E-state index in [4.69, 9.17) is 0 Å². The SMILES string of the molecule is Cc1ccc(N(c2ccc(C(=O)c3ccccc3)cc2)c2ccc(C(C)c3cccc4ccccc34)cc2)cc1. The van der Waals surface area contributed by atoms with E-state index in [1.165, 1.54) is 27.5 Å². The number of nitrogens with zero attached hydrogens (tertiary/aromatic N) is 1. The number of hydrogen-bond donors (Lipinski definition) is 0. The van der Waals surface area contributed by atoms with Crippen LogP contribution in [0.2, 0.25) is 0 Å². The maximum Gasteiger partial charge on any atom is 0.193 e. The third-order valence-electron chi connectivity index (χ3n) is 7.66. The van der Waals surface area contributed by atoms with Crippen molar-refractivity contribution in [3.8, 4) is 0 Å². The van der Waals surface area contributed by atoms with E-state index in [1.54, 1.807) is 0 Å². The van der Waals surface area contributed by atoms with Crippen LogP contribution in [0.1, 0.15) is 45.5 Å². The van der Waals surface area contributed by atoms with Gasteiger partial charge in [0.2, 0.25) is 0 Å². The summed E-state index contributed by atoms with van der Waals surface area (Å²) in [5.74, 6) is 0.289. The maximum absolute atomic E-state index is 13.0. The Bertz CT molecular complexity index is 1750. The topological polar surface area (TPSA) is 20.3 Å². The maximum atomic E-state index is 13.0. The van der Waals surface area contributed by atoms with Crippen LogP contribution in [0, 0.1) is 6.92 Å². The van der Waals surface area contributed by atoms with Gasteiger partial charge >= 0.3 is 0 Å². The molecule has 0 fully saturated rings. The fraction of sp³-hybridized carbons (Fsp3) is 0.0789. The third-order valence-corrected chi connectivity index (χ3v) is 7.66. The van der Waals surface area contributed by atoms with E-state index >= 15 is 0 Å². The highest BCUT2D eigenvalue weighted by atomic mass is 16.1. The van der Waals surface area contributed by atoms with Crippen molar-refractivity contribution in [3.05, 3.63) is 173 Å². The summed E-state index contributed by atoms with van der Waals surface area (Å²) < 4.78 is 0. The Kier molecular flexibility index (Phi) is 6.99. The number of benzene rings is 6. The zero-order chi connectivity index (χ0) is 27.5. The number of rotatable bonds is 7. The number of carbonyl (C=O) groups is 1. The van der Waals surface area contributed by atoms with Gasteiger partial charge in [0.05, 0.1) is 0 Å². The fourth-order valence-electron chi connectivity index (χ4n) is 5.38. The Balaban J connectivity index is 1.34. The van der Waals surface area contributed by atoms with Gasteiger partial charge in [-0.3, -0.25) is 4.79 Å². The summed E-state index contributed by atoms with van der Waals surface area (Å²) in [6.45, 7) is 4.37. The molecule has 1 unspecified atom stereocenters. The van der Waals surface area contributed by atoms with Gasteiger partial charge in [-0.05, 0) is 77.4 Å². The predicted octanol–water partition coefficient (Wildman–Crippen LogP) is 10.0. The first-order chi connectivity index (χ1) is 19.6. The van der Waals surface area contributed by atoms with Crippen LogP contribution in [-0.4, -0.2) is 5.78 Å². The third kappa shape index (κ3) is 5.04. The number of aryl methyl sites for hydroxylation is 1. The minimum absolute atomic E-state index is 0.0285. The van der Waals surface area contributed by atoms with Gasteiger partial charge in [-0.2, -0.15) is 0 Å². The summed E-state index contributed by atoms with van der Waals surface area (Å²) >= 11 is 0. The molecular weight excluding hydrogens is 486 g/mol. The molecule has 1 atom stereocenters. The van der Waals surface area contributed by atoms with Crippen molar-refractivity contribution in [1.29, 1.82) is 0 Å². The lowest BCUT2D eigenvalue weighted by Crippen LogP contribution is -2.11. The molecule has 0 aliphatic carbocycles. The van der Waals surface area contributed by atoms with E-state index in [-0.39, 0.29) is 11.7 Å². The van der Waals surface area contributed by atoms with Crippen LogP contribution in [0.5, 0.6) is 0 Å². The molecule has 0 N–H and O–H groups in total. The molecular formula is C38H31NO. The second-order valence-electron chi connectivity index (χ2n) is 10.3. The van der Waals surface area contributed by atoms with Crippen molar-refractivity contribution in [2.24, 2.45) is 0 Å². The van der Waals surface area contributed by atoms with Gasteiger partial charge in [-0.1, -0.05) is 110 Å². The Morgan fingerprint density at radius 2 is 1.07 bits per heavy atom. The molecule has 0 aliphatic heterocycles. The molecule has 40 heavy (non-hydrogen) atoms. The summed E-state index contributed by atoms with van der Waals surface area (Å²) in [5.41, 5.74) is 8.34. The highest BCUT2D eigenvalue weighted by Crippen LogP contribution is 2.37. The molecule has 0 saturated heterocycles. The predicted molar refractivity (Wildman–Crippen MR) is 167 cm³/mol. The number of anilines is 3. The second kappa shape index (κ2) is 11.0. The van der Waals surface area contributed by atoms with E-state index in [0.717, 1.165) is 17.1 Å². The molecule has 6 aromatic rings. The quantitative estimate of drug-likeness (QED) is 0.196. The van der Waals surface area contributed by atoms with Crippen molar-refractivity contribution in [2.45, 2.75) is 19.8 Å². The molecule has 194 valence electrons. The van der Waals surface area contributed by atoms with Crippen LogP contribution in [0.3, 0.4) is 0 Å². The summed E-state index contributed by atoms with van der Waals surface area (Å²) in [6, 6.07) is 49.9. The molecule has 2 nitrogen and oxygen atoms in total. The standard InChI is InChI=1S/C38H31NO/c1-27-15-21-33(22-16-27)39(35-25-19-32(20-26-35)38(40)31-10-4-3-5-11-31)34-23-17-29(18-24-34)28(2)36-14-8-12-30-9-6-7-13-37(30)36/h3-26,28H,1-2H3. The van der Waals surface area contributed by atoms with Crippen LogP contribution in [0.4, 0.5) is 17.1 Å². The van der Waals surface area contributed by atoms with Gasteiger partial charge in [0.1, 0.15) is 0 Å². The lowest BCUT2D eigenvalue weighted by atomic mass is 9.89. The van der Waals surface area contributed by atoms with Gasteiger partial charge in [0, 0.05) is 34.1 Å². The zero-order valence-electron chi connectivity index (χ0n) is 22.8. The fourth-order valence-corrected chi connectivity index (χ4v) is 5.38. The molecule has 0 saturated carbocycles. The van der Waals surface area contributed by atoms with Crippen molar-refractivity contribution < 1.29 is 4.79 Å². The number of hydrogen-bond acceptors (Lipinski definition) is 2. The van der Waals surface area contributed by atoms with Crippen LogP contribution >= 0.6 is 0 Å². The molecule has 0 aliphatic rings. The Morgan fingerprint density at radius 3 is 1.75 bits per heavy atom. The van der Waals surface area contributed by atoms with Crippen molar-refractivity contribution in [2.75, 3.05) is 4.90 Å². The van der Waals surface area contributed by atoms with Crippen LogP contribution < -0.4 is 4.90 Å². The van der Waals surface area contributed by atoms with E-state index in [0.29, 0.717) is 11.1 Å². The average molecular weight is 518 g/mol. The summed E-state index contributed by atoms with van der Waals surface area (Å²) in [6.07, 6.45) is 0. The van der Waals surface area contributed by atoms with Crippen LogP contribution in [0.15, 0.2) is 146 Å². The van der Waals surface area contributed by atoms with E-state index in [9.17, 15) is 4.79 Å². The molecule has 6 aromatic carbocycles. The summed E-state index contributed by atoms with van der Waals surface area (Å²) in [7, 11) is 0. The molecule has 0 bridgehead atoms. The van der Waals surface area contributed by atoms with Crippen LogP contribution in [-0.2, 0) is 0 Å². The first kappa shape index (κ1) is 25.3. The zero-order valence-corrected chi connectivity index (χ0v) is 22.8. The van der Waals surface area contributed by atoms with Crippen molar-refractivity contribution in [3.63, 3.8) is 0 Å². The average Bonchev–Trinajstić information content (AvgIpc) is 3.02. The number of fused-ring (bicyclic) bond motifs is 1. The molecule has 2 heteroatoms. The van der Waals surface area contributed by atoms with Gasteiger partial charge in [0.15, 0.2) is 5.78 Å². The minimum atomic E-state index is 0.0285. The molecule has 0 radical (unpaired) electrons. The first-order valence-electron chi connectivity index (χ1n) is 13.7. The largest absolute Gasteiger partial charge is 0.311 e. The Hall–Kier alpha value is -4.95. The molecule has 6 rings (SSSR count). The van der Waals surface area contributed by atoms with Gasteiger partial charge in [0.25, 0.3) is 0 Å². The van der Waals surface area contributed by atoms with Gasteiger partial charge in [-0.15, -0.1) is 0 Å². The molecule has 0 heterocycles. The van der Waals surface area contributed by atoms with Crippen molar-refractivity contribution in [1.82, 2.24) is 0 Å².